The van der Waals surface area contributed by atoms with Gasteiger partial charge in [0.15, 0.2) is 0 Å². The number of methoxy groups -OCH3 is 1. The molecule has 0 saturated carbocycles. The Labute approximate surface area is 159 Å². The van der Waals surface area contributed by atoms with E-state index in [1.807, 2.05) is 0 Å². The second-order valence-electron chi connectivity index (χ2n) is 5.87. The highest BCUT2D eigenvalue weighted by Crippen LogP contribution is 2.15. The number of nitro groups is 2. The summed E-state index contributed by atoms with van der Waals surface area (Å²) in [6.45, 7) is 0. The Kier molecular flexibility index (Phi) is 6.74. The summed E-state index contributed by atoms with van der Waals surface area (Å²) < 4.78 is 4.70. The highest BCUT2D eigenvalue weighted by molar-refractivity contribution is 5.85. The van der Waals surface area contributed by atoms with Crippen LogP contribution in [0.1, 0.15) is 11.1 Å². The summed E-state index contributed by atoms with van der Waals surface area (Å²) in [5.74, 6) is -1.19. The molecule has 0 bridgehead atoms. The van der Waals surface area contributed by atoms with Gasteiger partial charge in [-0.25, -0.2) is 4.79 Å². The van der Waals surface area contributed by atoms with Crippen LogP contribution in [0.4, 0.5) is 11.4 Å². The molecule has 2 aromatic carbocycles. The quantitative estimate of drug-likeness (QED) is 0.414. The minimum atomic E-state index is -1.00. The lowest BCUT2D eigenvalue weighted by Gasteiger charge is -2.16. The molecule has 0 aliphatic rings. The van der Waals surface area contributed by atoms with Crippen LogP contribution in [0.5, 0.6) is 0 Å². The fourth-order valence-corrected chi connectivity index (χ4v) is 2.54. The first-order chi connectivity index (χ1) is 13.3. The number of carbonyl (C=O) groups is 2. The van der Waals surface area contributed by atoms with Crippen molar-refractivity contribution >= 4 is 23.3 Å². The van der Waals surface area contributed by atoms with E-state index in [-0.39, 0.29) is 24.2 Å². The summed E-state index contributed by atoms with van der Waals surface area (Å²) in [7, 11) is 1.18. The molecule has 1 N–H and O–H groups in total. The molecule has 0 saturated heterocycles. The maximum Gasteiger partial charge on any atom is 0.328 e. The molecule has 1 amide bonds. The van der Waals surface area contributed by atoms with Crippen molar-refractivity contribution in [1.82, 2.24) is 5.32 Å². The summed E-state index contributed by atoms with van der Waals surface area (Å²) in [6.07, 6.45) is -0.0826. The Bertz CT molecular complexity index is 896. The van der Waals surface area contributed by atoms with Gasteiger partial charge in [-0.05, 0) is 11.1 Å². The van der Waals surface area contributed by atoms with Crippen molar-refractivity contribution in [3.63, 3.8) is 0 Å². The number of benzene rings is 2. The molecular formula is C18H17N3O7. The van der Waals surface area contributed by atoms with Gasteiger partial charge in [-0.2, -0.15) is 0 Å². The normalized spacial score (nSPS) is 11.3. The largest absolute Gasteiger partial charge is 0.467 e. The number of amides is 1. The second-order valence-corrected chi connectivity index (χ2v) is 5.87. The van der Waals surface area contributed by atoms with Crippen molar-refractivity contribution in [2.24, 2.45) is 0 Å². The van der Waals surface area contributed by atoms with Gasteiger partial charge in [0.1, 0.15) is 6.04 Å². The number of nitrogens with zero attached hydrogens (tertiary/aromatic N) is 2. The predicted molar refractivity (Wildman–Crippen MR) is 97.5 cm³/mol. The molecule has 0 aliphatic carbocycles. The van der Waals surface area contributed by atoms with E-state index >= 15 is 0 Å². The van der Waals surface area contributed by atoms with Crippen molar-refractivity contribution in [1.29, 1.82) is 0 Å². The number of hydrogen-bond acceptors (Lipinski definition) is 7. The van der Waals surface area contributed by atoms with E-state index in [2.05, 4.69) is 5.32 Å². The third-order valence-electron chi connectivity index (χ3n) is 3.89. The number of hydrogen-bond donors (Lipinski definition) is 1. The van der Waals surface area contributed by atoms with Gasteiger partial charge in [-0.3, -0.25) is 25.0 Å². The van der Waals surface area contributed by atoms with E-state index in [0.29, 0.717) is 11.1 Å². The fraction of sp³-hybridized carbons (Fsp3) is 0.222. The average Bonchev–Trinajstić information content (AvgIpc) is 2.67. The number of esters is 1. The second kappa shape index (κ2) is 9.21. The minimum Gasteiger partial charge on any atom is -0.467 e. The first-order valence-corrected chi connectivity index (χ1v) is 8.14. The maximum atomic E-state index is 12.3. The van der Waals surface area contributed by atoms with E-state index in [9.17, 15) is 29.8 Å². The number of ether oxygens (including phenoxy) is 1. The standard InChI is InChI=1S/C18H17N3O7/c1-28-18(23)16(10-12-5-7-14(8-6-12)20(24)25)19-17(22)11-13-3-2-4-15(9-13)21(26)27/h2-9,16H,10-11H2,1H3,(H,19,22)/t16-/m1/s1. The van der Waals surface area contributed by atoms with Gasteiger partial charge in [-0.15, -0.1) is 0 Å². The van der Waals surface area contributed by atoms with Crippen molar-refractivity contribution in [3.05, 3.63) is 79.9 Å². The first-order valence-electron chi connectivity index (χ1n) is 8.14. The summed E-state index contributed by atoms with van der Waals surface area (Å²) in [5, 5.41) is 24.1. The van der Waals surface area contributed by atoms with Gasteiger partial charge in [0, 0.05) is 30.7 Å². The summed E-state index contributed by atoms with van der Waals surface area (Å²) >= 11 is 0. The van der Waals surface area contributed by atoms with Crippen molar-refractivity contribution in [3.8, 4) is 0 Å². The van der Waals surface area contributed by atoms with Crippen molar-refractivity contribution < 1.29 is 24.2 Å². The van der Waals surface area contributed by atoms with Crippen LogP contribution >= 0.6 is 0 Å². The Morgan fingerprint density at radius 1 is 1.00 bits per heavy atom. The Hall–Kier alpha value is -3.82. The molecule has 28 heavy (non-hydrogen) atoms. The minimum absolute atomic E-state index is 0.0747. The molecule has 0 heterocycles. The molecule has 1 atom stereocenters. The van der Waals surface area contributed by atoms with Crippen LogP contribution in [0, 0.1) is 20.2 Å². The topological polar surface area (TPSA) is 142 Å². The Balaban J connectivity index is 2.07. The SMILES string of the molecule is COC(=O)[C@@H](Cc1ccc([N+](=O)[O-])cc1)NC(=O)Cc1cccc([N+](=O)[O-])c1. The van der Waals surface area contributed by atoms with Gasteiger partial charge in [0.2, 0.25) is 5.91 Å². The lowest BCUT2D eigenvalue weighted by molar-refractivity contribution is -0.385. The Morgan fingerprint density at radius 3 is 2.21 bits per heavy atom. The van der Waals surface area contributed by atoms with Crippen molar-refractivity contribution in [2.75, 3.05) is 7.11 Å². The van der Waals surface area contributed by atoms with Crippen LogP contribution in [0.3, 0.4) is 0 Å². The molecule has 0 aromatic heterocycles. The molecule has 10 nitrogen and oxygen atoms in total. The van der Waals surface area contributed by atoms with Gasteiger partial charge in [-0.1, -0.05) is 24.3 Å². The molecule has 0 fully saturated rings. The molecule has 146 valence electrons. The third kappa shape index (κ3) is 5.59. The number of rotatable bonds is 8. The van der Waals surface area contributed by atoms with E-state index in [4.69, 9.17) is 4.74 Å². The fourth-order valence-electron chi connectivity index (χ4n) is 2.54. The lowest BCUT2D eigenvalue weighted by atomic mass is 10.0. The first kappa shape index (κ1) is 20.5. The lowest BCUT2D eigenvalue weighted by Crippen LogP contribution is -2.43. The highest BCUT2D eigenvalue weighted by Gasteiger charge is 2.22. The maximum absolute atomic E-state index is 12.3. The third-order valence-corrected chi connectivity index (χ3v) is 3.89. The van der Waals surface area contributed by atoms with Crippen LogP contribution < -0.4 is 5.32 Å². The van der Waals surface area contributed by atoms with E-state index in [1.165, 1.54) is 49.6 Å². The number of carbonyl (C=O) groups excluding carboxylic acids is 2. The van der Waals surface area contributed by atoms with Crippen LogP contribution in [-0.4, -0.2) is 34.9 Å². The smallest absolute Gasteiger partial charge is 0.328 e. The van der Waals surface area contributed by atoms with E-state index in [1.54, 1.807) is 6.07 Å². The highest BCUT2D eigenvalue weighted by atomic mass is 16.6. The van der Waals surface area contributed by atoms with Crippen molar-refractivity contribution in [2.45, 2.75) is 18.9 Å². The van der Waals surface area contributed by atoms with Gasteiger partial charge >= 0.3 is 5.97 Å². The number of nitro benzene ring substituents is 2. The Morgan fingerprint density at radius 2 is 1.64 bits per heavy atom. The average molecular weight is 387 g/mol. The van der Waals surface area contributed by atoms with E-state index in [0.717, 1.165) is 0 Å². The van der Waals surface area contributed by atoms with Crippen LogP contribution in [-0.2, 0) is 27.2 Å². The predicted octanol–water partition coefficient (Wildman–Crippen LogP) is 1.95. The zero-order chi connectivity index (χ0) is 20.7. The summed E-state index contributed by atoms with van der Waals surface area (Å²) in [6, 6.07) is 10.2. The van der Waals surface area contributed by atoms with Crippen LogP contribution in [0.2, 0.25) is 0 Å². The molecule has 0 unspecified atom stereocenters. The number of nitrogens with one attached hydrogen (secondary N) is 1. The number of non-ortho nitro benzene ring substituents is 2. The molecule has 0 radical (unpaired) electrons. The molecule has 0 aliphatic heterocycles. The zero-order valence-corrected chi connectivity index (χ0v) is 14.9. The van der Waals surface area contributed by atoms with Crippen LogP contribution in [0.25, 0.3) is 0 Å². The molecule has 2 rings (SSSR count). The van der Waals surface area contributed by atoms with E-state index < -0.39 is 27.8 Å². The molecule has 2 aromatic rings. The summed E-state index contributed by atoms with van der Waals surface area (Å²) in [5.41, 5.74) is 0.788. The summed E-state index contributed by atoms with van der Waals surface area (Å²) in [4.78, 5) is 44.7. The van der Waals surface area contributed by atoms with Gasteiger partial charge in [0.25, 0.3) is 11.4 Å². The molecule has 0 spiro atoms. The van der Waals surface area contributed by atoms with Gasteiger partial charge in [0.05, 0.1) is 23.4 Å². The molecule has 10 heteroatoms. The zero-order valence-electron chi connectivity index (χ0n) is 14.9. The van der Waals surface area contributed by atoms with Gasteiger partial charge < -0.3 is 10.1 Å². The monoisotopic (exact) mass is 387 g/mol. The van der Waals surface area contributed by atoms with Crippen LogP contribution in [0.15, 0.2) is 48.5 Å². The molecular weight excluding hydrogens is 370 g/mol.